The summed E-state index contributed by atoms with van der Waals surface area (Å²) < 4.78 is 4.87. The van der Waals surface area contributed by atoms with E-state index in [2.05, 4.69) is 9.99 Å². The number of furan rings is 1. The molecule has 0 N–H and O–H groups in total. The van der Waals surface area contributed by atoms with Crippen LogP contribution in [0.3, 0.4) is 0 Å². The molecular weight excluding hydrogens is 216 g/mol. The van der Waals surface area contributed by atoms with Gasteiger partial charge in [0.15, 0.2) is 0 Å². The Morgan fingerprint density at radius 1 is 1.50 bits per heavy atom. The monoisotopic (exact) mass is 222 g/mol. The van der Waals surface area contributed by atoms with Gasteiger partial charge in [-0.05, 0) is 19.1 Å². The Hall–Kier alpha value is -2.44. The maximum absolute atomic E-state index is 11.1. The van der Waals surface area contributed by atoms with Gasteiger partial charge in [0, 0.05) is 0 Å². The summed E-state index contributed by atoms with van der Waals surface area (Å²) in [6.45, 7) is 1.59. The molecular formula is C9H6N2O5. The van der Waals surface area contributed by atoms with E-state index in [9.17, 15) is 14.9 Å². The molecule has 0 atom stereocenters. The minimum atomic E-state index is -0.657. The van der Waals surface area contributed by atoms with Crippen molar-refractivity contribution in [2.24, 2.45) is 5.16 Å². The van der Waals surface area contributed by atoms with E-state index in [4.69, 9.17) is 4.42 Å². The van der Waals surface area contributed by atoms with Gasteiger partial charge in [0.2, 0.25) is 0 Å². The van der Waals surface area contributed by atoms with Crippen LogP contribution in [0, 0.1) is 10.1 Å². The molecule has 0 fully saturated rings. The number of rotatable bonds is 2. The Labute approximate surface area is 89.1 Å². The van der Waals surface area contributed by atoms with Crippen molar-refractivity contribution in [2.75, 3.05) is 0 Å². The van der Waals surface area contributed by atoms with Crippen LogP contribution in [-0.2, 0) is 9.63 Å². The highest BCUT2D eigenvalue weighted by atomic mass is 16.7. The van der Waals surface area contributed by atoms with Gasteiger partial charge in [-0.1, -0.05) is 5.16 Å². The first-order valence-corrected chi connectivity index (χ1v) is 4.30. The quantitative estimate of drug-likeness (QED) is 0.327. The van der Waals surface area contributed by atoms with Crippen LogP contribution in [0.4, 0.5) is 5.88 Å². The molecule has 0 saturated carbocycles. The molecule has 1 aromatic heterocycles. The molecule has 7 heteroatoms. The van der Waals surface area contributed by atoms with Gasteiger partial charge in [-0.15, -0.1) is 0 Å². The number of hydrogen-bond acceptors (Lipinski definition) is 6. The van der Waals surface area contributed by atoms with Gasteiger partial charge in [0.1, 0.15) is 10.7 Å². The predicted octanol–water partition coefficient (Wildman–Crippen LogP) is 1.50. The van der Waals surface area contributed by atoms with Gasteiger partial charge >= 0.3 is 11.9 Å². The van der Waals surface area contributed by atoms with Crippen LogP contribution in [0.1, 0.15) is 12.7 Å². The molecule has 0 aliphatic carbocycles. The van der Waals surface area contributed by atoms with Crippen LogP contribution in [0.15, 0.2) is 27.3 Å². The summed E-state index contributed by atoms with van der Waals surface area (Å²) in [6, 6.07) is 2.60. The van der Waals surface area contributed by atoms with Crippen molar-refractivity contribution < 1.29 is 19.0 Å². The number of carbonyl (C=O) groups is 1. The fraction of sp³-hybridized carbons (Fsp3) is 0.111. The van der Waals surface area contributed by atoms with Crippen LogP contribution in [0.25, 0.3) is 6.08 Å². The van der Waals surface area contributed by atoms with Crippen molar-refractivity contribution in [3.63, 3.8) is 0 Å². The maximum atomic E-state index is 11.1. The number of nitro groups is 1. The fourth-order valence-corrected chi connectivity index (χ4v) is 1.18. The highest BCUT2D eigenvalue weighted by Gasteiger charge is 2.23. The summed E-state index contributed by atoms with van der Waals surface area (Å²) >= 11 is 0. The fourth-order valence-electron chi connectivity index (χ4n) is 1.18. The minimum Gasteiger partial charge on any atom is -0.401 e. The molecule has 1 aliphatic heterocycles. The lowest BCUT2D eigenvalue weighted by Crippen LogP contribution is -2.01. The molecule has 0 aromatic carbocycles. The third-order valence-corrected chi connectivity index (χ3v) is 1.95. The van der Waals surface area contributed by atoms with Gasteiger partial charge in [0.25, 0.3) is 0 Å². The van der Waals surface area contributed by atoms with Gasteiger partial charge in [-0.25, -0.2) is 4.79 Å². The van der Waals surface area contributed by atoms with E-state index < -0.39 is 10.9 Å². The topological polar surface area (TPSA) is 94.9 Å². The molecule has 16 heavy (non-hydrogen) atoms. The molecule has 2 rings (SSSR count). The Bertz CT molecular complexity index is 526. The van der Waals surface area contributed by atoms with Gasteiger partial charge in [-0.3, -0.25) is 10.1 Å². The van der Waals surface area contributed by atoms with E-state index in [0.717, 1.165) is 0 Å². The summed E-state index contributed by atoms with van der Waals surface area (Å²) in [5.41, 5.74) is 0.633. The minimum absolute atomic E-state index is 0.204. The number of hydrogen-bond donors (Lipinski definition) is 0. The zero-order valence-electron chi connectivity index (χ0n) is 8.17. The van der Waals surface area contributed by atoms with Crippen LogP contribution in [-0.4, -0.2) is 16.6 Å². The Kier molecular flexibility index (Phi) is 2.28. The molecule has 0 radical (unpaired) electrons. The standard InChI is InChI=1S/C9H6N2O5/c1-5-7(9(12)16-10-5)4-6-2-3-8(15-6)11(13)14/h2-4H,1H3/b7-4+. The lowest BCUT2D eigenvalue weighted by atomic mass is 10.1. The summed E-state index contributed by atoms with van der Waals surface area (Å²) in [5, 5.41) is 13.8. The second kappa shape index (κ2) is 3.61. The van der Waals surface area contributed by atoms with E-state index in [1.165, 1.54) is 18.2 Å². The van der Waals surface area contributed by atoms with Crippen molar-refractivity contribution in [3.05, 3.63) is 33.6 Å². The summed E-state index contributed by atoms with van der Waals surface area (Å²) in [7, 11) is 0. The molecule has 0 unspecified atom stereocenters. The second-order valence-electron chi connectivity index (χ2n) is 3.05. The van der Waals surface area contributed by atoms with Crippen molar-refractivity contribution in [2.45, 2.75) is 6.92 Å². The van der Waals surface area contributed by atoms with Crippen molar-refractivity contribution in [3.8, 4) is 0 Å². The lowest BCUT2D eigenvalue weighted by molar-refractivity contribution is -0.402. The van der Waals surface area contributed by atoms with Crippen molar-refractivity contribution in [1.29, 1.82) is 0 Å². The van der Waals surface area contributed by atoms with E-state index in [1.807, 2.05) is 0 Å². The molecule has 1 aliphatic rings. The largest absolute Gasteiger partial charge is 0.433 e. The normalized spacial score (nSPS) is 17.4. The molecule has 0 amide bonds. The Morgan fingerprint density at radius 3 is 2.75 bits per heavy atom. The van der Waals surface area contributed by atoms with E-state index in [0.29, 0.717) is 5.71 Å². The maximum Gasteiger partial charge on any atom is 0.433 e. The Morgan fingerprint density at radius 2 is 2.25 bits per heavy atom. The highest BCUT2D eigenvalue weighted by molar-refractivity contribution is 6.24. The van der Waals surface area contributed by atoms with Gasteiger partial charge in [0.05, 0.1) is 17.4 Å². The smallest absolute Gasteiger partial charge is 0.401 e. The first-order chi connectivity index (χ1) is 7.58. The average molecular weight is 222 g/mol. The van der Waals surface area contributed by atoms with Crippen molar-refractivity contribution >= 4 is 23.6 Å². The summed E-state index contributed by atoms with van der Waals surface area (Å²) in [6.07, 6.45) is 1.35. The molecule has 1 aromatic rings. The highest BCUT2D eigenvalue weighted by Crippen LogP contribution is 2.20. The average Bonchev–Trinajstić information content (AvgIpc) is 2.80. The van der Waals surface area contributed by atoms with E-state index in [1.54, 1.807) is 6.92 Å². The first-order valence-electron chi connectivity index (χ1n) is 4.30. The zero-order valence-corrected chi connectivity index (χ0v) is 8.17. The van der Waals surface area contributed by atoms with Crippen LogP contribution >= 0.6 is 0 Å². The molecule has 0 bridgehead atoms. The first kappa shape index (κ1) is 10.1. The van der Waals surface area contributed by atoms with Crippen molar-refractivity contribution in [1.82, 2.24) is 0 Å². The van der Waals surface area contributed by atoms with E-state index >= 15 is 0 Å². The summed E-state index contributed by atoms with van der Waals surface area (Å²) in [4.78, 5) is 25.3. The van der Waals surface area contributed by atoms with Crippen LogP contribution < -0.4 is 0 Å². The SMILES string of the molecule is CC1=NOC(=O)/C1=C/c1ccc([N+](=O)[O-])o1. The molecule has 0 spiro atoms. The zero-order chi connectivity index (χ0) is 11.7. The Balaban J connectivity index is 2.32. The molecule has 82 valence electrons. The number of carbonyl (C=O) groups excluding carboxylic acids is 1. The third kappa shape index (κ3) is 1.70. The summed E-state index contributed by atoms with van der Waals surface area (Å²) in [5.74, 6) is -0.778. The molecule has 2 heterocycles. The molecule has 0 saturated heterocycles. The predicted molar refractivity (Wildman–Crippen MR) is 52.5 cm³/mol. The molecule has 7 nitrogen and oxygen atoms in total. The third-order valence-electron chi connectivity index (χ3n) is 1.95. The number of oxime groups is 1. The lowest BCUT2D eigenvalue weighted by Gasteiger charge is -1.89. The van der Waals surface area contributed by atoms with E-state index in [-0.39, 0.29) is 17.2 Å². The van der Waals surface area contributed by atoms with Crippen LogP contribution in [0.2, 0.25) is 0 Å². The van der Waals surface area contributed by atoms with Gasteiger partial charge < -0.3 is 9.25 Å². The number of nitrogens with zero attached hydrogens (tertiary/aromatic N) is 2. The van der Waals surface area contributed by atoms with Gasteiger partial charge in [-0.2, -0.15) is 0 Å². The second-order valence-corrected chi connectivity index (χ2v) is 3.05. The van der Waals surface area contributed by atoms with Crippen LogP contribution in [0.5, 0.6) is 0 Å².